The third kappa shape index (κ3) is 7.97. The van der Waals surface area contributed by atoms with Crippen molar-refractivity contribution in [2.75, 3.05) is 0 Å². The molecule has 0 unspecified atom stereocenters. The molecule has 0 heterocycles. The van der Waals surface area contributed by atoms with Gasteiger partial charge in [0.25, 0.3) is 0 Å². The molecule has 55 heavy (non-hydrogen) atoms. The molecule has 0 aliphatic carbocycles. The third-order valence-electron chi connectivity index (χ3n) is 6.35. The minimum atomic E-state index is -2.64. The van der Waals surface area contributed by atoms with Gasteiger partial charge >= 0.3 is 17.1 Å². The van der Waals surface area contributed by atoms with Gasteiger partial charge in [-0.2, -0.15) is 0 Å². The Hall–Kier alpha value is -5.58. The summed E-state index contributed by atoms with van der Waals surface area (Å²) in [5, 5.41) is 23.3. The average molecular weight is 870 g/mol. The maximum Gasteiger partial charge on any atom is 2.00 e. The van der Waals surface area contributed by atoms with Crippen molar-refractivity contribution in [3.05, 3.63) is 151 Å². The molecule has 0 spiro atoms. The van der Waals surface area contributed by atoms with Gasteiger partial charge in [-0.05, 0) is 12.2 Å². The van der Waals surface area contributed by atoms with Crippen LogP contribution in [0.5, 0.6) is 0 Å². The van der Waals surface area contributed by atoms with Crippen LogP contribution in [0.1, 0.15) is 31.8 Å². The fourth-order valence-electron chi connectivity index (χ4n) is 3.81. The normalized spacial score (nSPS) is 11.6. The van der Waals surface area contributed by atoms with E-state index in [0.717, 1.165) is 0 Å². The summed E-state index contributed by atoms with van der Waals surface area (Å²) in [6.07, 6.45) is -1.17. The Morgan fingerprint density at radius 1 is 0.273 bits per heavy atom. The van der Waals surface area contributed by atoms with E-state index in [2.05, 4.69) is 0 Å². The van der Waals surface area contributed by atoms with Gasteiger partial charge in [0.15, 0.2) is 105 Å². The van der Waals surface area contributed by atoms with Crippen LogP contribution in [0, 0.1) is 116 Å². The Labute approximate surface area is 298 Å². The molecule has 297 valence electrons. The first-order valence-electron chi connectivity index (χ1n) is 12.8. The van der Waals surface area contributed by atoms with Crippen LogP contribution in [0.15, 0.2) is 12.2 Å². The Bertz CT molecular complexity index is 2080. The van der Waals surface area contributed by atoms with Gasteiger partial charge in [0.1, 0.15) is 0 Å². The van der Waals surface area contributed by atoms with Gasteiger partial charge in [-0.15, -0.1) is 0 Å². The van der Waals surface area contributed by atoms with E-state index in [1.807, 2.05) is 0 Å². The molecule has 1 radical (unpaired) electrons. The van der Waals surface area contributed by atoms with Gasteiger partial charge < -0.3 is 10.2 Å². The van der Waals surface area contributed by atoms with Crippen molar-refractivity contribution in [2.45, 2.75) is 0 Å². The van der Waals surface area contributed by atoms with Crippen LogP contribution in [0.2, 0.25) is 0 Å². The number of hydrogen-bond donors (Lipinski definition) is 0. The first-order valence-corrected chi connectivity index (χ1v) is 12.8. The molecule has 4 rings (SSSR count). The Morgan fingerprint density at radius 2 is 0.400 bits per heavy atom. The van der Waals surface area contributed by atoms with E-state index in [4.69, 9.17) is 0 Å². The predicted molar refractivity (Wildman–Crippen MR) is 130 cm³/mol. The SMILES string of the molecule is O=C(/C=C(/[O-])c1c(F)c(F)c(F)c(F)c1F)c1c(F)c(F)c(F)c(F)c1F.O=C(/C=C(\[O-])c1c(F)c(F)c(F)c(F)c1F)c1c(F)c(F)c(F)c(F)c1F.[Cu+2]. The second kappa shape index (κ2) is 16.8. The molecule has 0 aliphatic heterocycles. The molecule has 4 aromatic rings. The maximum absolute atomic E-state index is 13.5. The molecule has 0 saturated heterocycles. The third-order valence-corrected chi connectivity index (χ3v) is 6.35. The molecule has 4 aromatic carbocycles. The monoisotopic (exact) mass is 869 g/mol. The van der Waals surface area contributed by atoms with E-state index in [0.29, 0.717) is 0 Å². The number of carbonyl (C=O) groups excluding carboxylic acids is 2. The topological polar surface area (TPSA) is 80.3 Å². The Morgan fingerprint density at radius 3 is 0.564 bits per heavy atom. The fraction of sp³-hybridized carbons (Fsp3) is 0. The van der Waals surface area contributed by atoms with Crippen LogP contribution >= 0.6 is 0 Å². The van der Waals surface area contributed by atoms with E-state index < -0.39 is 174 Å². The number of benzene rings is 4. The van der Waals surface area contributed by atoms with Crippen LogP contribution in [-0.4, -0.2) is 11.6 Å². The van der Waals surface area contributed by atoms with E-state index in [-0.39, 0.29) is 17.1 Å². The van der Waals surface area contributed by atoms with Gasteiger partial charge in [-0.3, -0.25) is 9.59 Å². The smallest absolute Gasteiger partial charge is 0.872 e. The number of halogens is 20. The Kier molecular flexibility index (Phi) is 14.0. The van der Waals surface area contributed by atoms with Crippen molar-refractivity contribution < 1.29 is 125 Å². The molecule has 0 aromatic heterocycles. The summed E-state index contributed by atoms with van der Waals surface area (Å²) in [7, 11) is 0. The van der Waals surface area contributed by atoms with E-state index >= 15 is 0 Å². The molecule has 4 nitrogen and oxygen atoms in total. The van der Waals surface area contributed by atoms with Gasteiger partial charge in [0, 0.05) is 11.1 Å². The summed E-state index contributed by atoms with van der Waals surface area (Å²) in [5.41, 5.74) is -8.65. The quantitative estimate of drug-likeness (QED) is 0.0387. The van der Waals surface area contributed by atoms with Crippen LogP contribution < -0.4 is 10.2 Å². The molecule has 0 amide bonds. The standard InChI is InChI=1S/2C15H2F10O2.Cu/c2*16-6-4(7(17)11(21)14(24)10(6)20)2(26)1-3(27)5-8(18)12(22)15(25)13(23)9(5)19;/h2*1,26H;/q;;+2/p-2/b2-1+;2-1-;. The second-order valence-electron chi connectivity index (χ2n) is 9.53. The minimum absolute atomic E-state index is 0. The van der Waals surface area contributed by atoms with Crippen molar-refractivity contribution in [1.82, 2.24) is 0 Å². The zero-order valence-corrected chi connectivity index (χ0v) is 25.6. The van der Waals surface area contributed by atoms with Crippen molar-refractivity contribution >= 4 is 23.1 Å². The molecule has 0 fully saturated rings. The maximum atomic E-state index is 13.5. The molecule has 0 aliphatic rings. The molecular formula is C30H2CuF20O4. The van der Waals surface area contributed by atoms with Gasteiger partial charge in [-0.1, -0.05) is 11.5 Å². The van der Waals surface area contributed by atoms with Gasteiger partial charge in [0.2, 0.25) is 23.3 Å². The van der Waals surface area contributed by atoms with Crippen molar-refractivity contribution in [3.63, 3.8) is 0 Å². The van der Waals surface area contributed by atoms with Crippen LogP contribution in [-0.2, 0) is 17.1 Å². The summed E-state index contributed by atoms with van der Waals surface area (Å²) in [4.78, 5) is 23.3. The number of rotatable bonds is 6. The largest absolute Gasteiger partial charge is 2.00 e. The number of allylic oxidation sites excluding steroid dienone is 2. The zero-order chi connectivity index (χ0) is 41.6. The van der Waals surface area contributed by atoms with Crippen molar-refractivity contribution in [3.8, 4) is 0 Å². The van der Waals surface area contributed by atoms with Crippen molar-refractivity contribution in [1.29, 1.82) is 0 Å². The van der Waals surface area contributed by atoms with Gasteiger partial charge in [0.05, 0.1) is 11.1 Å². The van der Waals surface area contributed by atoms with Crippen LogP contribution in [0.4, 0.5) is 87.8 Å². The molecular weight excluding hydrogens is 868 g/mol. The summed E-state index contributed by atoms with van der Waals surface area (Å²) >= 11 is 0. The minimum Gasteiger partial charge on any atom is -0.872 e. The molecule has 0 atom stereocenters. The van der Waals surface area contributed by atoms with Crippen LogP contribution in [0.25, 0.3) is 11.5 Å². The summed E-state index contributed by atoms with van der Waals surface area (Å²) in [6.45, 7) is 0. The first kappa shape index (κ1) is 45.6. The van der Waals surface area contributed by atoms with E-state index in [1.165, 1.54) is 0 Å². The van der Waals surface area contributed by atoms with Crippen molar-refractivity contribution in [2.24, 2.45) is 0 Å². The molecule has 0 N–H and O–H groups in total. The molecule has 0 bridgehead atoms. The number of carbonyl (C=O) groups is 2. The van der Waals surface area contributed by atoms with Crippen LogP contribution in [0.3, 0.4) is 0 Å². The predicted octanol–water partition coefficient (Wildman–Crippen LogP) is 7.32. The summed E-state index contributed by atoms with van der Waals surface area (Å²) in [5.74, 6) is -61.4. The Balaban J connectivity index is 0.000000373. The first-order chi connectivity index (χ1) is 24.8. The average Bonchev–Trinajstić information content (AvgIpc) is 3.11. The summed E-state index contributed by atoms with van der Waals surface area (Å²) in [6, 6.07) is 0. The second-order valence-corrected chi connectivity index (χ2v) is 9.53. The van der Waals surface area contributed by atoms with E-state index in [1.54, 1.807) is 0 Å². The van der Waals surface area contributed by atoms with Gasteiger partial charge in [-0.25, -0.2) is 87.8 Å². The summed E-state index contributed by atoms with van der Waals surface area (Å²) < 4.78 is 263. The number of ketones is 2. The molecule has 0 saturated carbocycles. The van der Waals surface area contributed by atoms with E-state index in [9.17, 15) is 108 Å². The fourth-order valence-corrected chi connectivity index (χ4v) is 3.81. The molecule has 25 heteroatoms. The number of hydrogen-bond acceptors (Lipinski definition) is 4. The zero-order valence-electron chi connectivity index (χ0n) is 24.6.